The summed E-state index contributed by atoms with van der Waals surface area (Å²) in [6, 6.07) is 5.65. The predicted molar refractivity (Wildman–Crippen MR) is 83.6 cm³/mol. The third kappa shape index (κ3) is 4.10. The zero-order valence-corrected chi connectivity index (χ0v) is 13.5. The van der Waals surface area contributed by atoms with E-state index in [0.29, 0.717) is 11.3 Å². The Kier molecular flexibility index (Phi) is 5.08. The molecule has 138 valence electrons. The number of aromatic nitrogens is 3. The molecule has 0 amide bonds. The smallest absolute Gasteiger partial charge is 0.435 e. The summed E-state index contributed by atoms with van der Waals surface area (Å²) in [6.07, 6.45) is -1.72. The van der Waals surface area contributed by atoms with E-state index in [9.17, 15) is 17.6 Å². The van der Waals surface area contributed by atoms with Gasteiger partial charge >= 0.3 is 6.18 Å². The molecule has 26 heavy (non-hydrogen) atoms. The summed E-state index contributed by atoms with van der Waals surface area (Å²) in [7, 11) is 0. The van der Waals surface area contributed by atoms with Crippen molar-refractivity contribution in [1.29, 1.82) is 0 Å². The normalized spacial score (nSPS) is 11.9. The molecule has 3 aromatic rings. The van der Waals surface area contributed by atoms with Crippen molar-refractivity contribution in [1.82, 2.24) is 14.8 Å². The molecule has 0 saturated carbocycles. The second-order valence-electron chi connectivity index (χ2n) is 5.68. The minimum atomic E-state index is -4.58. The summed E-state index contributed by atoms with van der Waals surface area (Å²) in [5, 5.41) is 12.4. The lowest BCUT2D eigenvalue weighted by molar-refractivity contribution is -0.142. The summed E-state index contributed by atoms with van der Waals surface area (Å²) in [5.74, 6) is -0.277. The van der Waals surface area contributed by atoms with Gasteiger partial charge in [-0.2, -0.15) is 18.3 Å². The Labute approximate surface area is 145 Å². The highest BCUT2D eigenvalue weighted by Gasteiger charge is 2.36. The molecular formula is C17H15F4N3O2. The van der Waals surface area contributed by atoms with Crippen LogP contribution in [0.5, 0.6) is 0 Å². The van der Waals surface area contributed by atoms with Crippen molar-refractivity contribution in [2.45, 2.75) is 25.6 Å². The van der Waals surface area contributed by atoms with E-state index in [2.05, 4.69) is 10.1 Å². The first-order chi connectivity index (χ1) is 12.4. The molecule has 9 heteroatoms. The molecule has 0 unspecified atom stereocenters. The molecule has 3 rings (SSSR count). The molecule has 0 fully saturated rings. The van der Waals surface area contributed by atoms with Crippen LogP contribution in [0.15, 0.2) is 41.1 Å². The van der Waals surface area contributed by atoms with E-state index in [1.165, 1.54) is 30.7 Å². The number of halogens is 4. The van der Waals surface area contributed by atoms with Crippen LogP contribution in [0.25, 0.3) is 11.5 Å². The van der Waals surface area contributed by atoms with Crippen LogP contribution in [0.4, 0.5) is 17.6 Å². The van der Waals surface area contributed by atoms with Gasteiger partial charge in [-0.1, -0.05) is 6.07 Å². The Morgan fingerprint density at radius 3 is 2.73 bits per heavy atom. The maximum atomic E-state index is 13.3. The Morgan fingerprint density at radius 1 is 1.23 bits per heavy atom. The molecule has 0 aliphatic rings. The lowest BCUT2D eigenvalue weighted by Crippen LogP contribution is -2.10. The molecule has 0 saturated heterocycles. The van der Waals surface area contributed by atoms with Crippen molar-refractivity contribution in [2.75, 3.05) is 6.61 Å². The zero-order chi connectivity index (χ0) is 18.7. The number of aliphatic hydroxyl groups is 1. The summed E-state index contributed by atoms with van der Waals surface area (Å²) in [5.41, 5.74) is -0.175. The average molecular weight is 369 g/mol. The zero-order valence-electron chi connectivity index (χ0n) is 13.5. The number of hydrogen-bond acceptors (Lipinski definition) is 4. The van der Waals surface area contributed by atoms with Crippen LogP contribution in [0.3, 0.4) is 0 Å². The van der Waals surface area contributed by atoms with E-state index in [4.69, 9.17) is 9.52 Å². The van der Waals surface area contributed by atoms with Crippen molar-refractivity contribution in [3.63, 3.8) is 0 Å². The van der Waals surface area contributed by atoms with Gasteiger partial charge in [0, 0.05) is 23.9 Å². The number of rotatable bonds is 6. The van der Waals surface area contributed by atoms with Crippen LogP contribution in [0.1, 0.15) is 23.4 Å². The van der Waals surface area contributed by atoms with Gasteiger partial charge in [0.25, 0.3) is 0 Å². The van der Waals surface area contributed by atoms with Crippen molar-refractivity contribution < 1.29 is 27.1 Å². The second kappa shape index (κ2) is 7.28. The van der Waals surface area contributed by atoms with Gasteiger partial charge < -0.3 is 9.52 Å². The van der Waals surface area contributed by atoms with E-state index in [1.54, 1.807) is 6.07 Å². The summed E-state index contributed by atoms with van der Waals surface area (Å²) >= 11 is 0. The van der Waals surface area contributed by atoms with Gasteiger partial charge in [-0.15, -0.1) is 0 Å². The maximum Gasteiger partial charge on any atom is 0.435 e. The number of alkyl halides is 3. The van der Waals surface area contributed by atoms with Crippen LogP contribution in [0.2, 0.25) is 0 Å². The maximum absolute atomic E-state index is 13.3. The van der Waals surface area contributed by atoms with Gasteiger partial charge in [-0.05, 0) is 31.0 Å². The van der Waals surface area contributed by atoms with E-state index in [-0.39, 0.29) is 37.4 Å². The highest BCUT2D eigenvalue weighted by Crippen LogP contribution is 2.31. The topological polar surface area (TPSA) is 64.1 Å². The molecule has 0 aliphatic carbocycles. The summed E-state index contributed by atoms with van der Waals surface area (Å²) in [6.45, 7) is -0.232. The van der Waals surface area contributed by atoms with Crippen molar-refractivity contribution in [3.8, 4) is 11.5 Å². The molecule has 0 bridgehead atoms. The lowest BCUT2D eigenvalue weighted by Gasteiger charge is -2.04. The van der Waals surface area contributed by atoms with Gasteiger partial charge in [0.15, 0.2) is 5.69 Å². The Morgan fingerprint density at radius 2 is 2.04 bits per heavy atom. The molecular weight excluding hydrogens is 354 g/mol. The van der Waals surface area contributed by atoms with Crippen molar-refractivity contribution in [3.05, 3.63) is 59.5 Å². The van der Waals surface area contributed by atoms with Crippen molar-refractivity contribution >= 4 is 0 Å². The highest BCUT2D eigenvalue weighted by atomic mass is 19.4. The minimum Gasteiger partial charge on any atom is -0.444 e. The summed E-state index contributed by atoms with van der Waals surface area (Å²) in [4.78, 5) is 4.16. The van der Waals surface area contributed by atoms with Gasteiger partial charge in [0.1, 0.15) is 17.8 Å². The molecule has 0 spiro atoms. The summed E-state index contributed by atoms with van der Waals surface area (Å²) < 4.78 is 58.9. The third-order valence-electron chi connectivity index (χ3n) is 3.66. The molecule has 1 N–H and O–H groups in total. The van der Waals surface area contributed by atoms with Crippen LogP contribution >= 0.6 is 0 Å². The van der Waals surface area contributed by atoms with Crippen molar-refractivity contribution in [2.24, 2.45) is 0 Å². The number of aryl methyl sites for hydroxylation is 1. The molecule has 0 aliphatic heterocycles. The second-order valence-corrected chi connectivity index (χ2v) is 5.68. The fourth-order valence-corrected chi connectivity index (χ4v) is 2.53. The van der Waals surface area contributed by atoms with Gasteiger partial charge in [-0.3, -0.25) is 4.68 Å². The quantitative estimate of drug-likeness (QED) is 0.674. The Balaban J connectivity index is 1.82. The fourth-order valence-electron chi connectivity index (χ4n) is 2.53. The lowest BCUT2D eigenvalue weighted by atomic mass is 10.1. The molecule has 2 aromatic heterocycles. The van der Waals surface area contributed by atoms with Crippen LogP contribution in [0, 0.1) is 5.82 Å². The minimum absolute atomic E-state index is 0.0143. The number of hydrogen-bond donors (Lipinski definition) is 1. The van der Waals surface area contributed by atoms with Crippen LogP contribution in [-0.4, -0.2) is 26.5 Å². The highest BCUT2D eigenvalue weighted by molar-refractivity contribution is 5.52. The average Bonchev–Trinajstić information content (AvgIpc) is 3.20. The number of oxazole rings is 1. The van der Waals surface area contributed by atoms with Crippen LogP contribution in [-0.2, 0) is 19.1 Å². The number of aliphatic hydroxyl groups excluding tert-OH is 1. The fraction of sp³-hybridized carbons (Fsp3) is 0.294. The Bertz CT molecular complexity index is 886. The monoisotopic (exact) mass is 369 g/mol. The first-order valence-corrected chi connectivity index (χ1v) is 7.81. The van der Waals surface area contributed by atoms with E-state index in [0.717, 1.165) is 4.68 Å². The van der Waals surface area contributed by atoms with Gasteiger partial charge in [0.05, 0.1) is 6.54 Å². The Hall–Kier alpha value is -2.68. The first kappa shape index (κ1) is 18.1. The molecule has 0 radical (unpaired) electrons. The SMILES string of the molecule is OCCCc1cn(Cc2coc(-c3cccc(F)c3)n2)nc1C(F)(F)F. The predicted octanol–water partition coefficient (Wildman–Crippen LogP) is 3.67. The first-order valence-electron chi connectivity index (χ1n) is 7.81. The largest absolute Gasteiger partial charge is 0.444 e. The molecule has 5 nitrogen and oxygen atoms in total. The van der Waals surface area contributed by atoms with E-state index < -0.39 is 17.7 Å². The number of benzene rings is 1. The molecule has 1 aromatic carbocycles. The molecule has 2 heterocycles. The number of nitrogens with zero attached hydrogens (tertiary/aromatic N) is 3. The molecule has 0 atom stereocenters. The van der Waals surface area contributed by atoms with Gasteiger partial charge in [0.2, 0.25) is 5.89 Å². The standard InChI is InChI=1S/C17H15F4N3O2/c18-13-5-1-3-11(7-13)16-22-14(10-26-16)9-24-8-12(4-2-6-25)15(23-24)17(19,20)21/h1,3,5,7-8,10,25H,2,4,6,9H2. The third-order valence-corrected chi connectivity index (χ3v) is 3.66. The van der Waals surface area contributed by atoms with Crippen LogP contribution < -0.4 is 0 Å². The van der Waals surface area contributed by atoms with Gasteiger partial charge in [-0.25, -0.2) is 9.37 Å². The van der Waals surface area contributed by atoms with E-state index >= 15 is 0 Å². The van der Waals surface area contributed by atoms with E-state index in [1.807, 2.05) is 0 Å².